The number of amides is 1. The zero-order chi connectivity index (χ0) is 23.2. The number of rotatable bonds is 6. The number of methoxy groups -OCH3 is 1. The third-order valence-electron chi connectivity index (χ3n) is 5.17. The van der Waals surface area contributed by atoms with E-state index in [9.17, 15) is 10.1 Å². The minimum atomic E-state index is -0.583. The van der Waals surface area contributed by atoms with Crippen molar-refractivity contribution < 1.29 is 9.53 Å². The minimum absolute atomic E-state index is 0.0265. The van der Waals surface area contributed by atoms with Crippen LogP contribution in [0.3, 0.4) is 0 Å². The largest absolute Gasteiger partial charge is 0.495 e. The molecule has 1 aromatic heterocycles. The third-order valence-corrected chi connectivity index (χ3v) is 5.45. The molecule has 0 radical (unpaired) electrons. The number of carbonyl (C=O) groups excluding carboxylic acids is 1. The number of piperazine rings is 1. The maximum absolute atomic E-state index is 12.9. The van der Waals surface area contributed by atoms with E-state index in [0.717, 1.165) is 37.6 Å². The molecule has 0 atom stereocenters. The lowest BCUT2D eigenvalue weighted by atomic mass is 10.1. The van der Waals surface area contributed by atoms with E-state index >= 15 is 0 Å². The van der Waals surface area contributed by atoms with Gasteiger partial charge in [0.05, 0.1) is 23.9 Å². The van der Waals surface area contributed by atoms with Crippen LogP contribution in [0.4, 0.5) is 23.0 Å². The van der Waals surface area contributed by atoms with Crippen LogP contribution in [0.25, 0.3) is 0 Å². The molecule has 3 aromatic rings. The second-order valence-electron chi connectivity index (χ2n) is 7.25. The van der Waals surface area contributed by atoms with Gasteiger partial charge >= 0.3 is 0 Å². The first-order chi connectivity index (χ1) is 16.1. The number of nitrogens with zero attached hydrogens (tertiary/aromatic N) is 4. The Hall–Kier alpha value is -3.87. The predicted octanol–water partition coefficient (Wildman–Crippen LogP) is 3.42. The van der Waals surface area contributed by atoms with Crippen LogP contribution in [0.5, 0.6) is 5.75 Å². The van der Waals surface area contributed by atoms with Crippen LogP contribution >= 0.6 is 11.6 Å². The Balaban J connectivity index is 1.51. The van der Waals surface area contributed by atoms with E-state index in [2.05, 4.69) is 30.8 Å². The Bertz CT molecular complexity index is 1190. The molecule has 4 rings (SSSR count). The number of para-hydroxylation sites is 1. The number of nitriles is 1. The molecular formula is C23H22ClN7O2. The van der Waals surface area contributed by atoms with Gasteiger partial charge in [-0.25, -0.2) is 9.97 Å². The van der Waals surface area contributed by atoms with Crippen LogP contribution in [-0.4, -0.2) is 49.2 Å². The Morgan fingerprint density at radius 2 is 1.97 bits per heavy atom. The highest BCUT2D eigenvalue weighted by Gasteiger charge is 2.19. The van der Waals surface area contributed by atoms with Crippen LogP contribution in [0.2, 0.25) is 5.02 Å². The first kappa shape index (κ1) is 22.3. The molecule has 3 N–H and O–H groups in total. The molecule has 0 unspecified atom stereocenters. The molecule has 1 fully saturated rings. The lowest BCUT2D eigenvalue weighted by Crippen LogP contribution is -2.43. The lowest BCUT2D eigenvalue weighted by Gasteiger charge is -2.29. The van der Waals surface area contributed by atoms with Gasteiger partial charge in [-0.3, -0.25) is 4.79 Å². The Kier molecular flexibility index (Phi) is 6.88. The molecule has 2 aromatic carbocycles. The number of carbonyl (C=O) groups is 1. The number of hydrogen-bond donors (Lipinski definition) is 3. The van der Waals surface area contributed by atoms with E-state index < -0.39 is 5.91 Å². The van der Waals surface area contributed by atoms with Gasteiger partial charge in [0, 0.05) is 37.6 Å². The maximum atomic E-state index is 12.9. The highest BCUT2D eigenvalue weighted by molar-refractivity contribution is 6.34. The second kappa shape index (κ2) is 10.2. The molecule has 0 aliphatic carbocycles. The molecule has 1 aliphatic heterocycles. The van der Waals surface area contributed by atoms with Crippen molar-refractivity contribution in [3.63, 3.8) is 0 Å². The van der Waals surface area contributed by atoms with Gasteiger partial charge in [0.1, 0.15) is 17.5 Å². The van der Waals surface area contributed by atoms with E-state index in [1.54, 1.807) is 18.2 Å². The molecule has 33 heavy (non-hydrogen) atoms. The average Bonchev–Trinajstić information content (AvgIpc) is 2.86. The van der Waals surface area contributed by atoms with E-state index in [-0.39, 0.29) is 27.9 Å². The Labute approximate surface area is 196 Å². The number of nitrogens with one attached hydrogen (secondary N) is 3. The molecule has 9 nitrogen and oxygen atoms in total. The smallest absolute Gasteiger partial charge is 0.276 e. The second-order valence-corrected chi connectivity index (χ2v) is 7.66. The van der Waals surface area contributed by atoms with E-state index in [4.69, 9.17) is 16.3 Å². The summed E-state index contributed by atoms with van der Waals surface area (Å²) < 4.78 is 5.26. The summed E-state index contributed by atoms with van der Waals surface area (Å²) in [7, 11) is 1.46. The van der Waals surface area contributed by atoms with Crippen molar-refractivity contribution in [2.45, 2.75) is 0 Å². The quantitative estimate of drug-likeness (QED) is 0.509. The van der Waals surface area contributed by atoms with Crippen molar-refractivity contribution in [3.8, 4) is 11.8 Å². The van der Waals surface area contributed by atoms with Gasteiger partial charge in [-0.2, -0.15) is 5.26 Å². The highest BCUT2D eigenvalue weighted by atomic mass is 35.5. The first-order valence-electron chi connectivity index (χ1n) is 10.3. The van der Waals surface area contributed by atoms with Gasteiger partial charge in [0.15, 0.2) is 5.69 Å². The monoisotopic (exact) mass is 463 g/mol. The number of hydrogen-bond acceptors (Lipinski definition) is 8. The fourth-order valence-corrected chi connectivity index (χ4v) is 3.67. The van der Waals surface area contributed by atoms with Crippen LogP contribution in [0.15, 0.2) is 48.7 Å². The predicted molar refractivity (Wildman–Crippen MR) is 128 cm³/mol. The molecule has 0 saturated carbocycles. The zero-order valence-corrected chi connectivity index (χ0v) is 18.7. The number of anilines is 4. The summed E-state index contributed by atoms with van der Waals surface area (Å²) in [5.41, 5.74) is 2.40. The maximum Gasteiger partial charge on any atom is 0.276 e. The number of ether oxygens (including phenoxy) is 1. The van der Waals surface area contributed by atoms with Crippen molar-refractivity contribution >= 4 is 40.5 Å². The van der Waals surface area contributed by atoms with Crippen molar-refractivity contribution in [1.29, 1.82) is 5.26 Å². The van der Waals surface area contributed by atoms with Gasteiger partial charge < -0.3 is 25.6 Å². The molecule has 1 aliphatic rings. The molecule has 168 valence electrons. The SMILES string of the molecule is COc1cccc(C#N)c1NC(=O)c1nc(Nc2ccc(N3CCNCC3)cc2)ncc1Cl. The average molecular weight is 464 g/mol. The van der Waals surface area contributed by atoms with Crippen LogP contribution in [0, 0.1) is 11.3 Å². The van der Waals surface area contributed by atoms with Gasteiger partial charge in [-0.1, -0.05) is 17.7 Å². The van der Waals surface area contributed by atoms with E-state index in [1.165, 1.54) is 13.3 Å². The van der Waals surface area contributed by atoms with Crippen molar-refractivity contribution in [3.05, 3.63) is 64.9 Å². The fourth-order valence-electron chi connectivity index (χ4n) is 3.49. The van der Waals surface area contributed by atoms with Gasteiger partial charge in [-0.05, 0) is 36.4 Å². The molecular weight excluding hydrogens is 442 g/mol. The highest BCUT2D eigenvalue weighted by Crippen LogP contribution is 2.29. The van der Waals surface area contributed by atoms with Crippen molar-refractivity contribution in [2.75, 3.05) is 48.8 Å². The number of benzene rings is 2. The molecule has 2 heterocycles. The summed E-state index contributed by atoms with van der Waals surface area (Å²) in [5.74, 6) is -0.00369. The minimum Gasteiger partial charge on any atom is -0.495 e. The van der Waals surface area contributed by atoms with Crippen LogP contribution in [0.1, 0.15) is 16.1 Å². The fraction of sp³-hybridized carbons (Fsp3) is 0.217. The summed E-state index contributed by atoms with van der Waals surface area (Å²) in [6.07, 6.45) is 1.36. The van der Waals surface area contributed by atoms with E-state index in [0.29, 0.717) is 5.75 Å². The Morgan fingerprint density at radius 1 is 1.21 bits per heavy atom. The normalized spacial score (nSPS) is 13.2. The lowest BCUT2D eigenvalue weighted by molar-refractivity contribution is 0.102. The number of halogens is 1. The standard InChI is InChI=1S/C23H22ClN7O2/c1-33-19-4-2-3-15(13-25)20(19)29-22(32)21-18(24)14-27-23(30-21)28-16-5-7-17(8-6-16)31-11-9-26-10-12-31/h2-8,14,26H,9-12H2,1H3,(H,29,32)(H,27,28,30). The van der Waals surface area contributed by atoms with Crippen molar-refractivity contribution in [2.24, 2.45) is 0 Å². The molecule has 0 bridgehead atoms. The molecule has 1 amide bonds. The van der Waals surface area contributed by atoms with E-state index in [1.807, 2.05) is 30.3 Å². The zero-order valence-electron chi connectivity index (χ0n) is 17.9. The molecule has 0 spiro atoms. The molecule has 10 heteroatoms. The summed E-state index contributed by atoms with van der Waals surface area (Å²) in [6.45, 7) is 3.86. The summed E-state index contributed by atoms with van der Waals surface area (Å²) in [5, 5.41) is 18.6. The van der Waals surface area contributed by atoms with Gasteiger partial charge in [0.25, 0.3) is 5.91 Å². The first-order valence-corrected chi connectivity index (χ1v) is 10.7. The number of aromatic nitrogens is 2. The van der Waals surface area contributed by atoms with Crippen LogP contribution in [-0.2, 0) is 0 Å². The van der Waals surface area contributed by atoms with Gasteiger partial charge in [0.2, 0.25) is 5.95 Å². The topological polar surface area (TPSA) is 115 Å². The van der Waals surface area contributed by atoms with Crippen molar-refractivity contribution in [1.82, 2.24) is 15.3 Å². The Morgan fingerprint density at radius 3 is 2.67 bits per heavy atom. The van der Waals surface area contributed by atoms with Crippen LogP contribution < -0.4 is 25.6 Å². The summed E-state index contributed by atoms with van der Waals surface area (Å²) >= 11 is 6.19. The third kappa shape index (κ3) is 5.14. The summed E-state index contributed by atoms with van der Waals surface area (Å²) in [6, 6.07) is 14.9. The molecule has 1 saturated heterocycles. The van der Waals surface area contributed by atoms with Gasteiger partial charge in [-0.15, -0.1) is 0 Å². The summed E-state index contributed by atoms with van der Waals surface area (Å²) in [4.78, 5) is 23.7.